The minimum Gasteiger partial charge on any atom is -0.334 e. The monoisotopic (exact) mass is 490 g/mol. The molecular formula is C26H23ClN4O2S. The van der Waals surface area contributed by atoms with Gasteiger partial charge in [0, 0.05) is 10.7 Å². The Morgan fingerprint density at radius 1 is 1.09 bits per heavy atom. The molecule has 0 fully saturated rings. The number of amides is 2. The zero-order valence-corrected chi connectivity index (χ0v) is 20.6. The first kappa shape index (κ1) is 22.4. The van der Waals surface area contributed by atoms with Gasteiger partial charge in [-0.05, 0) is 60.5 Å². The Balaban J connectivity index is 1.62. The van der Waals surface area contributed by atoms with Crippen LogP contribution >= 0.6 is 22.9 Å². The number of halogens is 1. The number of aromatic nitrogens is 2. The second-order valence-corrected chi connectivity index (χ2v) is 9.66. The van der Waals surface area contributed by atoms with E-state index < -0.39 is 6.04 Å². The predicted octanol–water partition coefficient (Wildman–Crippen LogP) is 6.77. The van der Waals surface area contributed by atoms with E-state index in [9.17, 15) is 4.79 Å². The third kappa shape index (κ3) is 4.13. The lowest BCUT2D eigenvalue weighted by Crippen LogP contribution is -2.45. The van der Waals surface area contributed by atoms with Gasteiger partial charge in [-0.25, -0.2) is 4.79 Å². The van der Waals surface area contributed by atoms with Crippen LogP contribution in [-0.4, -0.2) is 21.1 Å². The van der Waals surface area contributed by atoms with Gasteiger partial charge in [-0.15, -0.1) is 11.3 Å². The highest BCUT2D eigenvalue weighted by atomic mass is 35.5. The van der Waals surface area contributed by atoms with Crippen LogP contribution < -0.4 is 5.32 Å². The van der Waals surface area contributed by atoms with Crippen molar-refractivity contribution in [1.82, 2.24) is 20.4 Å². The molecule has 2 aromatic carbocycles. The number of hydrogen-bond donors (Lipinski definition) is 1. The van der Waals surface area contributed by atoms with Crippen LogP contribution in [0.2, 0.25) is 5.02 Å². The molecule has 1 unspecified atom stereocenters. The number of rotatable bonds is 5. The van der Waals surface area contributed by atoms with Crippen molar-refractivity contribution in [2.75, 3.05) is 0 Å². The number of allylic oxidation sites excluding steroid dienone is 1. The first-order valence-corrected chi connectivity index (χ1v) is 12.2. The molecule has 172 valence electrons. The standard InChI is InChI=1S/C26H23ClN4O2S/c1-15-10-11-18(13-16(15)2)23-22(25-29-24(30-33-25)21-9-6-12-34-21)17(3)31(26(32)28-23)14-19-7-4-5-8-20(19)27/h4-13,23H,14H2,1-3H3,(H,28,32). The summed E-state index contributed by atoms with van der Waals surface area (Å²) in [5, 5.41) is 9.94. The van der Waals surface area contributed by atoms with E-state index >= 15 is 0 Å². The number of nitrogens with one attached hydrogen (secondary N) is 1. The van der Waals surface area contributed by atoms with Gasteiger partial charge in [0.15, 0.2) is 0 Å². The summed E-state index contributed by atoms with van der Waals surface area (Å²) in [6.45, 7) is 6.36. The molecule has 0 bridgehead atoms. The van der Waals surface area contributed by atoms with Crippen LogP contribution in [0.4, 0.5) is 4.79 Å². The van der Waals surface area contributed by atoms with Crippen molar-refractivity contribution in [1.29, 1.82) is 0 Å². The number of thiophene rings is 1. The van der Waals surface area contributed by atoms with Gasteiger partial charge in [0.05, 0.1) is 23.0 Å². The molecule has 1 aliphatic heterocycles. The molecule has 1 N–H and O–H groups in total. The summed E-state index contributed by atoms with van der Waals surface area (Å²) in [6.07, 6.45) is 0. The first-order valence-electron chi connectivity index (χ1n) is 10.9. The maximum atomic E-state index is 13.3. The van der Waals surface area contributed by atoms with E-state index in [1.165, 1.54) is 5.56 Å². The lowest BCUT2D eigenvalue weighted by Gasteiger charge is -2.35. The highest BCUT2D eigenvalue weighted by Gasteiger charge is 2.36. The van der Waals surface area contributed by atoms with Crippen molar-refractivity contribution >= 4 is 34.5 Å². The van der Waals surface area contributed by atoms with Gasteiger partial charge < -0.3 is 9.84 Å². The summed E-state index contributed by atoms with van der Waals surface area (Å²) in [5.74, 6) is 0.909. The van der Waals surface area contributed by atoms with Gasteiger partial charge in [-0.1, -0.05) is 59.2 Å². The average molecular weight is 491 g/mol. The zero-order chi connectivity index (χ0) is 23.8. The van der Waals surface area contributed by atoms with E-state index in [0.29, 0.717) is 23.3 Å². The molecule has 0 aliphatic carbocycles. The average Bonchev–Trinajstić information content (AvgIpc) is 3.51. The van der Waals surface area contributed by atoms with Gasteiger partial charge in [0.1, 0.15) is 0 Å². The molecule has 0 spiro atoms. The highest BCUT2D eigenvalue weighted by Crippen LogP contribution is 2.39. The molecule has 3 heterocycles. The third-order valence-corrected chi connectivity index (χ3v) is 7.38. The molecule has 0 radical (unpaired) electrons. The van der Waals surface area contributed by atoms with E-state index in [4.69, 9.17) is 21.1 Å². The molecule has 8 heteroatoms. The summed E-state index contributed by atoms with van der Waals surface area (Å²) in [4.78, 5) is 20.6. The Morgan fingerprint density at radius 3 is 2.65 bits per heavy atom. The fourth-order valence-electron chi connectivity index (χ4n) is 4.08. The smallest absolute Gasteiger partial charge is 0.322 e. The van der Waals surface area contributed by atoms with Crippen LogP contribution in [-0.2, 0) is 6.54 Å². The van der Waals surface area contributed by atoms with Crippen LogP contribution in [0.1, 0.15) is 41.1 Å². The maximum Gasteiger partial charge on any atom is 0.322 e. The number of nitrogens with zero attached hydrogens (tertiary/aromatic N) is 3. The highest BCUT2D eigenvalue weighted by molar-refractivity contribution is 7.13. The van der Waals surface area contributed by atoms with Gasteiger partial charge in [0.25, 0.3) is 5.89 Å². The summed E-state index contributed by atoms with van der Waals surface area (Å²) in [7, 11) is 0. The van der Waals surface area contributed by atoms with Crippen LogP contribution in [0, 0.1) is 13.8 Å². The number of hydrogen-bond acceptors (Lipinski definition) is 5. The van der Waals surface area contributed by atoms with Crippen molar-refractivity contribution in [3.8, 4) is 10.7 Å². The minimum absolute atomic E-state index is 0.206. The topological polar surface area (TPSA) is 71.3 Å². The second-order valence-electron chi connectivity index (χ2n) is 8.30. The summed E-state index contributed by atoms with van der Waals surface area (Å²) >= 11 is 7.94. The summed E-state index contributed by atoms with van der Waals surface area (Å²) in [6, 6.07) is 17.0. The molecule has 2 amide bonds. The van der Waals surface area contributed by atoms with Crippen molar-refractivity contribution in [3.05, 3.63) is 98.8 Å². The molecule has 4 aromatic rings. The van der Waals surface area contributed by atoms with Crippen LogP contribution in [0.15, 0.2) is 70.2 Å². The third-order valence-electron chi connectivity index (χ3n) is 6.14. The van der Waals surface area contributed by atoms with E-state index in [0.717, 1.165) is 32.8 Å². The van der Waals surface area contributed by atoms with Crippen LogP contribution in [0.25, 0.3) is 16.3 Å². The molecular weight excluding hydrogens is 468 g/mol. The molecule has 5 rings (SSSR count). The normalized spacial score (nSPS) is 16.2. The van der Waals surface area contributed by atoms with Crippen LogP contribution in [0.5, 0.6) is 0 Å². The molecule has 6 nitrogen and oxygen atoms in total. The minimum atomic E-state index is -0.425. The Kier molecular flexibility index (Phi) is 5.98. The fourth-order valence-corrected chi connectivity index (χ4v) is 4.92. The number of benzene rings is 2. The quantitative estimate of drug-likeness (QED) is 0.335. The number of carbonyl (C=O) groups excluding carboxylic acids is 1. The lowest BCUT2D eigenvalue weighted by molar-refractivity contribution is 0.203. The van der Waals surface area contributed by atoms with Gasteiger partial charge in [0.2, 0.25) is 5.82 Å². The van der Waals surface area contributed by atoms with Crippen molar-refractivity contribution in [2.24, 2.45) is 0 Å². The van der Waals surface area contributed by atoms with Gasteiger partial charge in [-0.3, -0.25) is 4.90 Å². The molecule has 34 heavy (non-hydrogen) atoms. The largest absolute Gasteiger partial charge is 0.334 e. The lowest BCUT2D eigenvalue weighted by atomic mass is 9.92. The molecule has 2 aromatic heterocycles. The fraction of sp³-hybridized carbons (Fsp3) is 0.192. The van der Waals surface area contributed by atoms with E-state index in [1.54, 1.807) is 16.2 Å². The number of carbonyl (C=O) groups is 1. The Morgan fingerprint density at radius 2 is 1.91 bits per heavy atom. The van der Waals surface area contributed by atoms with E-state index in [2.05, 4.69) is 36.5 Å². The maximum absolute atomic E-state index is 13.3. The van der Waals surface area contributed by atoms with Crippen LogP contribution in [0.3, 0.4) is 0 Å². The Hall–Kier alpha value is -3.42. The first-order chi connectivity index (χ1) is 16.4. The number of urea groups is 1. The second kappa shape index (κ2) is 9.08. The number of aryl methyl sites for hydroxylation is 2. The Labute approximate surface area is 206 Å². The SMILES string of the molecule is CC1=C(c2nc(-c3cccs3)no2)C(c2ccc(C)c(C)c2)NC(=O)N1Cc1ccccc1Cl. The van der Waals surface area contributed by atoms with E-state index in [1.807, 2.05) is 54.8 Å². The summed E-state index contributed by atoms with van der Waals surface area (Å²) < 4.78 is 5.75. The van der Waals surface area contributed by atoms with Gasteiger partial charge in [-0.2, -0.15) is 4.98 Å². The summed E-state index contributed by atoms with van der Waals surface area (Å²) in [5.41, 5.74) is 5.66. The van der Waals surface area contributed by atoms with Crippen molar-refractivity contribution in [3.63, 3.8) is 0 Å². The molecule has 0 saturated carbocycles. The van der Waals surface area contributed by atoms with Gasteiger partial charge >= 0.3 is 6.03 Å². The molecule has 1 aliphatic rings. The van der Waals surface area contributed by atoms with Crippen molar-refractivity contribution in [2.45, 2.75) is 33.4 Å². The van der Waals surface area contributed by atoms with E-state index in [-0.39, 0.29) is 6.03 Å². The predicted molar refractivity (Wildman–Crippen MR) is 134 cm³/mol. The zero-order valence-electron chi connectivity index (χ0n) is 19.0. The Bertz CT molecular complexity index is 1390. The molecule has 0 saturated heterocycles. The molecule has 1 atom stereocenters. The van der Waals surface area contributed by atoms with Crippen molar-refractivity contribution < 1.29 is 9.32 Å².